The maximum Gasteiger partial charge on any atom is 0.286 e. The third-order valence-electron chi connectivity index (χ3n) is 5.51. The number of rotatable bonds is 7. The zero-order valence-electron chi connectivity index (χ0n) is 17.7. The normalized spacial score (nSPS) is 14.1. The molecule has 31 heavy (non-hydrogen) atoms. The fraction of sp³-hybridized carbons (Fsp3) is 0.292. The molecule has 162 valence electrons. The molecule has 1 aliphatic rings. The van der Waals surface area contributed by atoms with Crippen molar-refractivity contribution in [3.63, 3.8) is 0 Å². The molecule has 0 aliphatic carbocycles. The molecule has 5 nitrogen and oxygen atoms in total. The smallest absolute Gasteiger partial charge is 0.286 e. The monoisotopic (exact) mass is 454 g/mol. The molecule has 0 saturated heterocycles. The number of hydrogen-bond donors (Lipinski definition) is 1. The maximum absolute atomic E-state index is 12.4. The second kappa shape index (κ2) is 9.02. The van der Waals surface area contributed by atoms with Gasteiger partial charge in [-0.2, -0.15) is 8.42 Å². The average molecular weight is 455 g/mol. The lowest BCUT2D eigenvalue weighted by atomic mass is 9.99. The van der Waals surface area contributed by atoms with Crippen molar-refractivity contribution < 1.29 is 13.0 Å². The molecular formula is C24H26N2O3S2. The molecule has 0 spiro atoms. The molecule has 1 unspecified atom stereocenters. The van der Waals surface area contributed by atoms with Crippen molar-refractivity contribution in [2.24, 2.45) is 0 Å². The van der Waals surface area contributed by atoms with E-state index in [-0.39, 0.29) is 6.42 Å². The number of para-hydroxylation sites is 2. The van der Waals surface area contributed by atoms with Gasteiger partial charge in [0.25, 0.3) is 10.1 Å². The summed E-state index contributed by atoms with van der Waals surface area (Å²) in [6.45, 7) is 3.94. The number of benzene rings is 2. The fourth-order valence-corrected chi connectivity index (χ4v) is 6.11. The fourth-order valence-electron chi connectivity index (χ4n) is 4.10. The van der Waals surface area contributed by atoms with Gasteiger partial charge >= 0.3 is 0 Å². The minimum absolute atomic E-state index is 0.247. The lowest BCUT2D eigenvalue weighted by Crippen LogP contribution is -2.39. The first-order valence-electron chi connectivity index (χ1n) is 10.5. The Morgan fingerprint density at radius 1 is 1.03 bits per heavy atom. The summed E-state index contributed by atoms with van der Waals surface area (Å²) in [7, 11) is -4.33. The van der Waals surface area contributed by atoms with E-state index in [1.54, 1.807) is 29.8 Å². The molecule has 3 aromatic rings. The van der Waals surface area contributed by atoms with Crippen LogP contribution < -0.4 is 4.90 Å². The van der Waals surface area contributed by atoms with E-state index in [9.17, 15) is 13.0 Å². The third kappa shape index (κ3) is 4.22. The van der Waals surface area contributed by atoms with Gasteiger partial charge < -0.3 is 4.90 Å². The van der Waals surface area contributed by atoms with Crippen LogP contribution in [0.3, 0.4) is 0 Å². The standard InChI is InChI=1S/C24H26N2O3S2/c1-3-5-10-17-11-9-16-25-23(17)18-12-8-15-21-24(18)26(22(4-2)31(27,28)29)19-13-6-7-14-20(19)30-21/h6-9,11-16,22H,3-5,10H2,1-2H3,(H,27,28,29). The largest absolute Gasteiger partial charge is 0.319 e. The lowest BCUT2D eigenvalue weighted by Gasteiger charge is -2.38. The predicted octanol–water partition coefficient (Wildman–Crippen LogP) is 6.32. The van der Waals surface area contributed by atoms with Gasteiger partial charge in [0.2, 0.25) is 0 Å². The van der Waals surface area contributed by atoms with Crippen LogP contribution in [0.15, 0.2) is 70.6 Å². The molecule has 1 atom stereocenters. The number of nitrogens with zero attached hydrogens (tertiary/aromatic N) is 2. The second-order valence-electron chi connectivity index (χ2n) is 7.58. The van der Waals surface area contributed by atoms with Crippen molar-refractivity contribution >= 4 is 33.3 Å². The number of pyridine rings is 1. The molecule has 2 heterocycles. The SMILES string of the molecule is CCCCc1cccnc1-c1cccc2c1N(C(CC)S(=O)(=O)O)c1ccccc1S2. The number of hydrogen-bond acceptors (Lipinski definition) is 5. The minimum atomic E-state index is -4.33. The van der Waals surface area contributed by atoms with Crippen molar-refractivity contribution in [3.8, 4) is 11.3 Å². The second-order valence-corrected chi connectivity index (χ2v) is 10.2. The third-order valence-corrected chi connectivity index (χ3v) is 7.86. The van der Waals surface area contributed by atoms with Crippen LogP contribution in [-0.2, 0) is 16.5 Å². The van der Waals surface area contributed by atoms with Gasteiger partial charge in [0.1, 0.15) is 0 Å². The highest BCUT2D eigenvalue weighted by Gasteiger charge is 2.37. The number of fused-ring (bicyclic) bond motifs is 2. The van der Waals surface area contributed by atoms with E-state index in [2.05, 4.69) is 13.0 Å². The molecule has 0 radical (unpaired) electrons. The van der Waals surface area contributed by atoms with Crippen LogP contribution in [0.2, 0.25) is 0 Å². The van der Waals surface area contributed by atoms with Crippen molar-refractivity contribution in [2.45, 2.75) is 54.7 Å². The molecule has 0 saturated carbocycles. The van der Waals surface area contributed by atoms with Crippen molar-refractivity contribution in [1.82, 2.24) is 4.98 Å². The number of anilines is 2. The molecule has 0 fully saturated rings. The Morgan fingerprint density at radius 2 is 1.81 bits per heavy atom. The molecule has 0 amide bonds. The van der Waals surface area contributed by atoms with Crippen molar-refractivity contribution in [2.75, 3.05) is 4.90 Å². The lowest BCUT2D eigenvalue weighted by molar-refractivity contribution is 0.464. The maximum atomic E-state index is 12.4. The molecule has 7 heteroatoms. The Morgan fingerprint density at radius 3 is 2.55 bits per heavy atom. The summed E-state index contributed by atoms with van der Waals surface area (Å²) < 4.78 is 35.0. The summed E-state index contributed by atoms with van der Waals surface area (Å²) in [5.41, 5.74) is 4.45. The van der Waals surface area contributed by atoms with Gasteiger partial charge in [-0.05, 0) is 49.1 Å². The van der Waals surface area contributed by atoms with Crippen LogP contribution in [0.4, 0.5) is 11.4 Å². The van der Waals surface area contributed by atoms with E-state index in [0.717, 1.165) is 57.2 Å². The first-order chi connectivity index (χ1) is 15.0. The Kier molecular flexibility index (Phi) is 6.36. The molecule has 0 bridgehead atoms. The van der Waals surface area contributed by atoms with Crippen LogP contribution in [0.1, 0.15) is 38.7 Å². The highest BCUT2D eigenvalue weighted by molar-refractivity contribution is 7.99. The average Bonchev–Trinajstić information content (AvgIpc) is 2.76. The van der Waals surface area contributed by atoms with Crippen molar-refractivity contribution in [3.05, 3.63) is 66.4 Å². The Labute approximate surface area is 188 Å². The van der Waals surface area contributed by atoms with Crippen LogP contribution in [0.25, 0.3) is 11.3 Å². The van der Waals surface area contributed by atoms with Crippen LogP contribution >= 0.6 is 11.8 Å². The summed E-state index contributed by atoms with van der Waals surface area (Å²) in [5, 5.41) is -1.09. The number of aryl methyl sites for hydroxylation is 1. The van der Waals surface area contributed by atoms with E-state index in [0.29, 0.717) is 0 Å². The Bertz CT molecular complexity index is 1190. The van der Waals surface area contributed by atoms with Gasteiger partial charge in [0, 0.05) is 21.6 Å². The predicted molar refractivity (Wildman–Crippen MR) is 127 cm³/mol. The molecule has 1 aliphatic heterocycles. The first-order valence-corrected chi connectivity index (χ1v) is 12.9. The van der Waals surface area contributed by atoms with Gasteiger partial charge in [0.05, 0.1) is 17.1 Å². The van der Waals surface area contributed by atoms with Crippen molar-refractivity contribution in [1.29, 1.82) is 0 Å². The van der Waals surface area contributed by atoms with E-state index in [1.807, 2.05) is 48.5 Å². The van der Waals surface area contributed by atoms with Gasteiger partial charge in [-0.1, -0.05) is 62.4 Å². The van der Waals surface area contributed by atoms with E-state index in [1.165, 1.54) is 0 Å². The quantitative estimate of drug-likeness (QED) is 0.421. The summed E-state index contributed by atoms with van der Waals surface area (Å²) in [6.07, 6.45) is 5.06. The molecule has 1 N–H and O–H groups in total. The Balaban J connectivity index is 1.98. The van der Waals surface area contributed by atoms with Gasteiger partial charge in [-0.3, -0.25) is 9.54 Å². The summed E-state index contributed by atoms with van der Waals surface area (Å²) >= 11 is 1.61. The van der Waals surface area contributed by atoms with Crippen LogP contribution in [0.5, 0.6) is 0 Å². The van der Waals surface area contributed by atoms with Crippen LogP contribution in [-0.4, -0.2) is 23.3 Å². The van der Waals surface area contributed by atoms with E-state index < -0.39 is 15.5 Å². The zero-order chi connectivity index (χ0) is 22.0. The van der Waals surface area contributed by atoms with Crippen LogP contribution in [0, 0.1) is 0 Å². The van der Waals surface area contributed by atoms with Gasteiger partial charge in [0.15, 0.2) is 5.37 Å². The molecular weight excluding hydrogens is 428 g/mol. The molecule has 4 rings (SSSR count). The minimum Gasteiger partial charge on any atom is -0.319 e. The highest BCUT2D eigenvalue weighted by Crippen LogP contribution is 2.53. The highest BCUT2D eigenvalue weighted by atomic mass is 32.2. The first kappa shape index (κ1) is 21.9. The molecule has 2 aromatic carbocycles. The van der Waals surface area contributed by atoms with E-state index in [4.69, 9.17) is 4.98 Å². The zero-order valence-corrected chi connectivity index (χ0v) is 19.3. The van der Waals surface area contributed by atoms with E-state index >= 15 is 0 Å². The van der Waals surface area contributed by atoms with Gasteiger partial charge in [-0.25, -0.2) is 0 Å². The van der Waals surface area contributed by atoms with Gasteiger partial charge in [-0.15, -0.1) is 0 Å². The topological polar surface area (TPSA) is 70.5 Å². The number of aromatic nitrogens is 1. The Hall–Kier alpha value is -2.35. The summed E-state index contributed by atoms with van der Waals surface area (Å²) in [5.74, 6) is 0. The summed E-state index contributed by atoms with van der Waals surface area (Å²) in [4.78, 5) is 8.39. The molecule has 1 aromatic heterocycles. The number of unbranched alkanes of at least 4 members (excludes halogenated alkanes) is 1. The summed E-state index contributed by atoms with van der Waals surface area (Å²) in [6, 6.07) is 17.7.